The Bertz CT molecular complexity index is 513. The number of likely N-dealkylation sites (N-methyl/N-ethyl adjacent to an activating group) is 2. The van der Waals surface area contributed by atoms with Gasteiger partial charge < -0.3 is 9.80 Å². The lowest BCUT2D eigenvalue weighted by atomic mass is 10.1. The molecule has 6 heteroatoms. The molecular weight excluding hydrogens is 300 g/mol. The Balaban J connectivity index is 1.43. The minimum absolute atomic E-state index is 0.888. The highest BCUT2D eigenvalue weighted by molar-refractivity contribution is 5.79. The Hall–Kier alpha value is -1.47. The molecule has 0 amide bonds. The largest absolute Gasteiger partial charge is 0.304 e. The van der Waals surface area contributed by atoms with E-state index in [1.807, 2.05) is 6.21 Å². The highest BCUT2D eigenvalue weighted by atomic mass is 15.5. The molecule has 0 aliphatic carbocycles. The van der Waals surface area contributed by atoms with E-state index in [-0.39, 0.29) is 0 Å². The van der Waals surface area contributed by atoms with E-state index in [0.29, 0.717) is 0 Å². The summed E-state index contributed by atoms with van der Waals surface area (Å²) in [5.74, 6) is 0. The van der Waals surface area contributed by atoms with Gasteiger partial charge in [0.2, 0.25) is 0 Å². The molecule has 0 unspecified atom stereocenters. The highest BCUT2D eigenvalue weighted by Crippen LogP contribution is 2.05. The Morgan fingerprint density at radius 3 is 2.08 bits per heavy atom. The molecule has 6 nitrogen and oxygen atoms in total. The van der Waals surface area contributed by atoms with Crippen molar-refractivity contribution in [2.24, 2.45) is 5.10 Å². The molecule has 0 aromatic heterocycles. The lowest BCUT2D eigenvalue weighted by Crippen LogP contribution is -2.50. The van der Waals surface area contributed by atoms with Gasteiger partial charge in [0.1, 0.15) is 0 Å². The van der Waals surface area contributed by atoms with Gasteiger partial charge in [-0.25, -0.2) is 5.01 Å². The van der Waals surface area contributed by atoms with Crippen molar-refractivity contribution < 1.29 is 0 Å². The van der Waals surface area contributed by atoms with Gasteiger partial charge in [-0.1, -0.05) is 24.3 Å². The average Bonchev–Trinajstić information content (AvgIpc) is 2.62. The van der Waals surface area contributed by atoms with Crippen molar-refractivity contribution in [3.05, 3.63) is 35.4 Å². The van der Waals surface area contributed by atoms with Crippen LogP contribution in [-0.4, -0.2) is 92.5 Å². The minimum Gasteiger partial charge on any atom is -0.304 e. The summed E-state index contributed by atoms with van der Waals surface area (Å²) in [4.78, 5) is 4.71. The molecular formula is C18H30N6. The van der Waals surface area contributed by atoms with Crippen molar-refractivity contribution in [2.75, 3.05) is 66.5 Å². The van der Waals surface area contributed by atoms with Crippen LogP contribution in [0.5, 0.6) is 0 Å². The Morgan fingerprint density at radius 2 is 1.46 bits per heavy atom. The second-order valence-corrected chi connectivity index (χ2v) is 6.87. The molecule has 0 spiro atoms. The lowest BCUT2D eigenvalue weighted by molar-refractivity contribution is 0.102. The smallest absolute Gasteiger partial charge is 0.0542 e. The first-order chi connectivity index (χ1) is 11.7. The van der Waals surface area contributed by atoms with Crippen LogP contribution >= 0.6 is 0 Å². The molecule has 2 aliphatic rings. The fourth-order valence-electron chi connectivity index (χ4n) is 2.95. The Labute approximate surface area is 145 Å². The number of nitrogens with zero attached hydrogens (tertiary/aromatic N) is 5. The first kappa shape index (κ1) is 17.4. The molecule has 2 fully saturated rings. The third-order valence-electron chi connectivity index (χ3n) is 4.84. The molecule has 1 aromatic rings. The summed E-state index contributed by atoms with van der Waals surface area (Å²) in [7, 11) is 4.34. The van der Waals surface area contributed by atoms with E-state index in [1.165, 1.54) is 5.56 Å². The molecule has 2 heterocycles. The number of hydrogen-bond acceptors (Lipinski definition) is 6. The summed E-state index contributed by atoms with van der Waals surface area (Å²) in [6, 6.07) is 8.68. The zero-order valence-electron chi connectivity index (χ0n) is 15.0. The van der Waals surface area contributed by atoms with Gasteiger partial charge in [0.25, 0.3) is 0 Å². The monoisotopic (exact) mass is 330 g/mol. The van der Waals surface area contributed by atoms with Crippen LogP contribution in [0, 0.1) is 0 Å². The second kappa shape index (κ2) is 8.58. The molecule has 0 saturated carbocycles. The van der Waals surface area contributed by atoms with Crippen LogP contribution in [-0.2, 0) is 6.54 Å². The third-order valence-corrected chi connectivity index (χ3v) is 4.84. The number of hydrazone groups is 1. The predicted octanol–water partition coefficient (Wildman–Crippen LogP) is 0.520. The van der Waals surface area contributed by atoms with E-state index in [4.69, 9.17) is 0 Å². The zero-order valence-corrected chi connectivity index (χ0v) is 15.0. The first-order valence-corrected chi connectivity index (χ1v) is 8.92. The van der Waals surface area contributed by atoms with Crippen LogP contribution in [0.1, 0.15) is 11.1 Å². The van der Waals surface area contributed by atoms with Gasteiger partial charge in [0.05, 0.1) is 6.21 Å². The molecule has 132 valence electrons. The predicted molar refractivity (Wildman–Crippen MR) is 99.0 cm³/mol. The number of hydrogen-bond donors (Lipinski definition) is 1. The first-order valence-electron chi connectivity index (χ1n) is 8.92. The summed E-state index contributed by atoms with van der Waals surface area (Å²) < 4.78 is 0. The van der Waals surface area contributed by atoms with Gasteiger partial charge in [0.15, 0.2) is 0 Å². The number of rotatable bonds is 5. The quantitative estimate of drug-likeness (QED) is 0.797. The second-order valence-electron chi connectivity index (χ2n) is 6.87. The van der Waals surface area contributed by atoms with Crippen LogP contribution in [0.25, 0.3) is 0 Å². The van der Waals surface area contributed by atoms with Gasteiger partial charge >= 0.3 is 0 Å². The van der Waals surface area contributed by atoms with E-state index in [1.54, 1.807) is 0 Å². The maximum absolute atomic E-state index is 4.60. The van der Waals surface area contributed by atoms with Crippen molar-refractivity contribution in [3.63, 3.8) is 0 Å². The van der Waals surface area contributed by atoms with Crippen molar-refractivity contribution >= 4 is 6.21 Å². The Kier molecular flexibility index (Phi) is 6.20. The number of hydrazine groups is 1. The van der Waals surface area contributed by atoms with Crippen LogP contribution in [0.15, 0.2) is 29.4 Å². The van der Waals surface area contributed by atoms with Crippen molar-refractivity contribution in [1.82, 2.24) is 25.2 Å². The van der Waals surface area contributed by atoms with Crippen molar-refractivity contribution in [2.45, 2.75) is 6.54 Å². The van der Waals surface area contributed by atoms with Crippen LogP contribution in [0.4, 0.5) is 0 Å². The SMILES string of the molecule is CN1CCN(/N=C/c2ccc(CNN3CCN(C)CC3)cc2)CC1. The van der Waals surface area contributed by atoms with E-state index < -0.39 is 0 Å². The van der Waals surface area contributed by atoms with Gasteiger partial charge in [-0.05, 0) is 25.2 Å². The van der Waals surface area contributed by atoms with E-state index in [9.17, 15) is 0 Å². The van der Waals surface area contributed by atoms with Gasteiger partial charge in [-0.15, -0.1) is 0 Å². The zero-order chi connectivity index (χ0) is 16.8. The molecule has 2 saturated heterocycles. The van der Waals surface area contributed by atoms with E-state index in [0.717, 1.165) is 64.5 Å². The Morgan fingerprint density at radius 1 is 0.875 bits per heavy atom. The maximum atomic E-state index is 4.60. The van der Waals surface area contributed by atoms with Gasteiger partial charge in [-0.3, -0.25) is 10.4 Å². The fraction of sp³-hybridized carbons (Fsp3) is 0.611. The molecule has 1 N–H and O–H groups in total. The molecule has 24 heavy (non-hydrogen) atoms. The highest BCUT2D eigenvalue weighted by Gasteiger charge is 2.13. The topological polar surface area (TPSA) is 37.4 Å². The maximum Gasteiger partial charge on any atom is 0.0542 e. The van der Waals surface area contributed by atoms with Gasteiger partial charge in [-0.2, -0.15) is 5.10 Å². The van der Waals surface area contributed by atoms with Gasteiger partial charge in [0, 0.05) is 58.9 Å². The molecule has 3 rings (SSSR count). The van der Waals surface area contributed by atoms with Crippen LogP contribution in [0.2, 0.25) is 0 Å². The van der Waals surface area contributed by atoms with Crippen LogP contribution < -0.4 is 5.43 Å². The summed E-state index contributed by atoms with van der Waals surface area (Å²) in [6.45, 7) is 9.55. The average molecular weight is 330 g/mol. The van der Waals surface area contributed by atoms with E-state index >= 15 is 0 Å². The summed E-state index contributed by atoms with van der Waals surface area (Å²) >= 11 is 0. The van der Waals surface area contributed by atoms with E-state index in [2.05, 4.69) is 68.7 Å². The number of piperazine rings is 2. The molecule has 0 bridgehead atoms. The minimum atomic E-state index is 0.888. The molecule has 0 radical (unpaired) electrons. The molecule has 1 aromatic carbocycles. The normalized spacial score (nSPS) is 21.7. The molecule has 0 atom stereocenters. The van der Waals surface area contributed by atoms with Crippen molar-refractivity contribution in [1.29, 1.82) is 0 Å². The summed E-state index contributed by atoms with van der Waals surface area (Å²) in [5.41, 5.74) is 6.00. The number of nitrogens with one attached hydrogen (secondary N) is 1. The van der Waals surface area contributed by atoms with Crippen LogP contribution in [0.3, 0.4) is 0 Å². The standard InChI is InChI=1S/C18H30N6/c1-21-7-11-23(12-8-21)19-15-17-3-5-18(6-4-17)16-20-24-13-9-22(2)10-14-24/h3-6,15,20H,7-14,16H2,1-2H3/b19-15+. The fourth-order valence-corrected chi connectivity index (χ4v) is 2.95. The molecule has 2 aliphatic heterocycles. The summed E-state index contributed by atoms with van der Waals surface area (Å²) in [5, 5.41) is 9.07. The summed E-state index contributed by atoms with van der Waals surface area (Å²) in [6.07, 6.45) is 1.98. The third kappa shape index (κ3) is 5.27. The lowest BCUT2D eigenvalue weighted by Gasteiger charge is -2.32. The number of benzene rings is 1. The van der Waals surface area contributed by atoms with Crippen molar-refractivity contribution in [3.8, 4) is 0 Å².